The van der Waals surface area contributed by atoms with Crippen LogP contribution in [0.1, 0.15) is 85.0 Å². The Labute approximate surface area is 166 Å². The van der Waals surface area contributed by atoms with Crippen LogP contribution < -0.4 is 4.74 Å². The summed E-state index contributed by atoms with van der Waals surface area (Å²) in [4.78, 5) is 12.2. The number of unbranched alkanes of at least 4 members (excludes halogenated alkanes) is 1. The normalized spacial score (nSPS) is 19.2. The molecule has 1 aromatic carbocycles. The highest BCUT2D eigenvalue weighted by Crippen LogP contribution is 2.35. The van der Waals surface area contributed by atoms with Crippen LogP contribution in [0.5, 0.6) is 5.75 Å². The smallest absolute Gasteiger partial charge is 0.311 e. The average Bonchev–Trinajstić information content (AvgIpc) is 2.69. The van der Waals surface area contributed by atoms with Gasteiger partial charge in [0.1, 0.15) is 5.75 Å². The molecule has 0 N–H and O–H groups in total. The van der Waals surface area contributed by atoms with Crippen molar-refractivity contribution in [1.29, 1.82) is 0 Å². The Balaban J connectivity index is 1.86. The van der Waals surface area contributed by atoms with Crippen molar-refractivity contribution >= 4 is 5.97 Å². The molecule has 0 radical (unpaired) electrons. The number of hydrogen-bond acceptors (Lipinski definition) is 2. The van der Waals surface area contributed by atoms with Gasteiger partial charge in [-0.2, -0.15) is 0 Å². The molecule has 1 aliphatic rings. The van der Waals surface area contributed by atoms with Gasteiger partial charge in [0.2, 0.25) is 0 Å². The van der Waals surface area contributed by atoms with Gasteiger partial charge in [0, 0.05) is 6.42 Å². The van der Waals surface area contributed by atoms with E-state index in [9.17, 15) is 4.79 Å². The van der Waals surface area contributed by atoms with Gasteiger partial charge < -0.3 is 4.74 Å². The van der Waals surface area contributed by atoms with Gasteiger partial charge in [0.15, 0.2) is 0 Å². The van der Waals surface area contributed by atoms with Crippen molar-refractivity contribution in [3.8, 4) is 5.75 Å². The average molecular weight is 371 g/mol. The zero-order valence-electron chi connectivity index (χ0n) is 17.6. The first-order valence-electron chi connectivity index (χ1n) is 11.1. The summed E-state index contributed by atoms with van der Waals surface area (Å²) in [5, 5.41) is 0. The predicted octanol–water partition coefficient (Wildman–Crippen LogP) is 7.34. The van der Waals surface area contributed by atoms with Gasteiger partial charge in [-0.25, -0.2) is 0 Å². The third-order valence-corrected chi connectivity index (χ3v) is 6.09. The first-order chi connectivity index (χ1) is 13.1. The van der Waals surface area contributed by atoms with Crippen molar-refractivity contribution in [3.05, 3.63) is 42.0 Å². The molecule has 27 heavy (non-hydrogen) atoms. The number of allylic oxidation sites excluding steroid dienone is 2. The van der Waals surface area contributed by atoms with E-state index in [0.717, 1.165) is 18.3 Å². The number of esters is 1. The number of rotatable bonds is 11. The van der Waals surface area contributed by atoms with Gasteiger partial charge >= 0.3 is 5.97 Å². The predicted molar refractivity (Wildman–Crippen MR) is 114 cm³/mol. The van der Waals surface area contributed by atoms with Gasteiger partial charge in [-0.05, 0) is 68.4 Å². The Hall–Kier alpha value is -1.57. The van der Waals surface area contributed by atoms with Crippen LogP contribution in [0.3, 0.4) is 0 Å². The van der Waals surface area contributed by atoms with E-state index in [4.69, 9.17) is 4.74 Å². The Morgan fingerprint density at radius 1 is 1.19 bits per heavy atom. The van der Waals surface area contributed by atoms with E-state index in [1.54, 1.807) is 5.57 Å². The van der Waals surface area contributed by atoms with E-state index in [1.807, 2.05) is 30.3 Å². The molecule has 0 spiro atoms. The highest BCUT2D eigenvalue weighted by molar-refractivity contribution is 5.72. The van der Waals surface area contributed by atoms with Crippen molar-refractivity contribution in [3.63, 3.8) is 0 Å². The molecule has 3 unspecified atom stereocenters. The Bertz CT molecular complexity index is 575. The second-order valence-electron chi connectivity index (χ2n) is 8.33. The second kappa shape index (κ2) is 12.0. The summed E-state index contributed by atoms with van der Waals surface area (Å²) in [6.45, 7) is 6.92. The first kappa shape index (κ1) is 21.7. The van der Waals surface area contributed by atoms with Crippen molar-refractivity contribution < 1.29 is 9.53 Å². The molecule has 0 saturated carbocycles. The maximum Gasteiger partial charge on any atom is 0.311 e. The third-order valence-electron chi connectivity index (χ3n) is 6.09. The van der Waals surface area contributed by atoms with Crippen LogP contribution in [-0.2, 0) is 4.79 Å². The third kappa shape index (κ3) is 7.91. The summed E-state index contributed by atoms with van der Waals surface area (Å²) in [6.07, 6.45) is 14.0. The van der Waals surface area contributed by atoms with Crippen LogP contribution in [0.2, 0.25) is 0 Å². The summed E-state index contributed by atoms with van der Waals surface area (Å²) >= 11 is 0. The molecule has 1 aromatic rings. The summed E-state index contributed by atoms with van der Waals surface area (Å²) in [6, 6.07) is 9.41. The zero-order valence-corrected chi connectivity index (χ0v) is 17.6. The standard InChI is InChI=1S/C25H38O2/c1-4-6-10-22(17-18-25(26)27-24-11-8-7-9-12-24)23-15-13-21(14-16-23)19-20(3)5-2/h7-9,11-12,15,20-22H,4-6,10,13-14,16-19H2,1-3H3. The van der Waals surface area contributed by atoms with Crippen LogP contribution in [0.4, 0.5) is 0 Å². The summed E-state index contributed by atoms with van der Waals surface area (Å²) in [5.41, 5.74) is 1.61. The van der Waals surface area contributed by atoms with Crippen LogP contribution in [0.25, 0.3) is 0 Å². The van der Waals surface area contributed by atoms with Crippen molar-refractivity contribution in [2.24, 2.45) is 17.8 Å². The molecule has 0 aliphatic heterocycles. The van der Waals surface area contributed by atoms with Gasteiger partial charge in [-0.3, -0.25) is 4.79 Å². The number of carbonyl (C=O) groups excluding carboxylic acids is 1. The fourth-order valence-corrected chi connectivity index (χ4v) is 4.16. The lowest BCUT2D eigenvalue weighted by molar-refractivity contribution is -0.134. The quantitative estimate of drug-likeness (QED) is 0.231. The fourth-order valence-electron chi connectivity index (χ4n) is 4.16. The van der Waals surface area contributed by atoms with Gasteiger partial charge in [-0.1, -0.05) is 69.9 Å². The molecule has 2 heteroatoms. The minimum absolute atomic E-state index is 0.103. The lowest BCUT2D eigenvalue weighted by atomic mass is 9.77. The topological polar surface area (TPSA) is 26.3 Å². The van der Waals surface area contributed by atoms with E-state index >= 15 is 0 Å². The van der Waals surface area contributed by atoms with Crippen molar-refractivity contribution in [1.82, 2.24) is 0 Å². The summed E-state index contributed by atoms with van der Waals surface area (Å²) in [5.74, 6) is 2.80. The van der Waals surface area contributed by atoms with Crippen molar-refractivity contribution in [2.75, 3.05) is 0 Å². The van der Waals surface area contributed by atoms with E-state index in [1.165, 1.54) is 51.4 Å². The van der Waals surface area contributed by atoms with Crippen LogP contribution in [0.15, 0.2) is 42.0 Å². The summed E-state index contributed by atoms with van der Waals surface area (Å²) in [7, 11) is 0. The Kier molecular flexibility index (Phi) is 9.66. The van der Waals surface area contributed by atoms with Gasteiger partial charge in [-0.15, -0.1) is 0 Å². The molecular formula is C25H38O2. The maximum absolute atomic E-state index is 12.2. The Morgan fingerprint density at radius 2 is 1.96 bits per heavy atom. The van der Waals surface area contributed by atoms with Gasteiger partial charge in [0.25, 0.3) is 0 Å². The SMILES string of the molecule is CCCCC(CCC(=O)Oc1ccccc1)C1=CCC(CC(C)CC)CC1. The molecule has 0 aromatic heterocycles. The van der Waals surface area contributed by atoms with Crippen LogP contribution in [-0.4, -0.2) is 5.97 Å². The number of hydrogen-bond donors (Lipinski definition) is 0. The molecule has 0 saturated heterocycles. The molecule has 150 valence electrons. The van der Waals surface area contributed by atoms with Crippen LogP contribution >= 0.6 is 0 Å². The molecule has 0 amide bonds. The highest BCUT2D eigenvalue weighted by Gasteiger charge is 2.22. The molecule has 0 bridgehead atoms. The van der Waals surface area contributed by atoms with Crippen LogP contribution in [0, 0.1) is 17.8 Å². The Morgan fingerprint density at radius 3 is 2.59 bits per heavy atom. The molecule has 0 fully saturated rings. The molecule has 2 rings (SSSR count). The molecule has 1 aliphatic carbocycles. The van der Waals surface area contributed by atoms with Gasteiger partial charge in [0.05, 0.1) is 0 Å². The highest BCUT2D eigenvalue weighted by atomic mass is 16.5. The molecular weight excluding hydrogens is 332 g/mol. The van der Waals surface area contributed by atoms with E-state index < -0.39 is 0 Å². The lowest BCUT2D eigenvalue weighted by Gasteiger charge is -2.28. The first-order valence-corrected chi connectivity index (χ1v) is 11.1. The number of ether oxygens (including phenoxy) is 1. The van der Waals surface area contributed by atoms with Crippen molar-refractivity contribution in [2.45, 2.75) is 85.0 Å². The van der Waals surface area contributed by atoms with E-state index in [2.05, 4.69) is 26.8 Å². The minimum Gasteiger partial charge on any atom is -0.427 e. The van der Waals surface area contributed by atoms with E-state index in [-0.39, 0.29) is 5.97 Å². The minimum atomic E-state index is -0.103. The molecule has 0 heterocycles. The summed E-state index contributed by atoms with van der Waals surface area (Å²) < 4.78 is 5.47. The number of para-hydroxylation sites is 1. The molecule has 2 nitrogen and oxygen atoms in total. The monoisotopic (exact) mass is 370 g/mol. The zero-order chi connectivity index (χ0) is 19.5. The fraction of sp³-hybridized carbons (Fsp3) is 0.640. The number of carbonyl (C=O) groups is 1. The van der Waals surface area contributed by atoms with E-state index in [0.29, 0.717) is 18.1 Å². The molecule has 3 atom stereocenters. The largest absolute Gasteiger partial charge is 0.427 e. The maximum atomic E-state index is 12.2. The second-order valence-corrected chi connectivity index (χ2v) is 8.33. The lowest BCUT2D eigenvalue weighted by Crippen LogP contribution is -2.16. The number of benzene rings is 1.